The van der Waals surface area contributed by atoms with Crippen LogP contribution in [-0.2, 0) is 4.79 Å². The van der Waals surface area contributed by atoms with Crippen molar-refractivity contribution in [1.29, 1.82) is 0 Å². The van der Waals surface area contributed by atoms with Gasteiger partial charge in [-0.1, -0.05) is 12.1 Å². The van der Waals surface area contributed by atoms with Crippen molar-refractivity contribution >= 4 is 11.7 Å². The molecule has 2 heterocycles. The first kappa shape index (κ1) is 14.0. The summed E-state index contributed by atoms with van der Waals surface area (Å²) in [5, 5.41) is 9.48. The molecule has 0 aliphatic heterocycles. The summed E-state index contributed by atoms with van der Waals surface area (Å²) in [6.45, 7) is 4.62. The highest BCUT2D eigenvalue weighted by Crippen LogP contribution is 2.18. The van der Waals surface area contributed by atoms with E-state index in [1.54, 1.807) is 25.3 Å². The number of amides is 1. The fourth-order valence-electron chi connectivity index (χ4n) is 1.57. The SMILES string of the molecule is CCCNC(=O)CNc1cc(-c2nc(C)no2)ccn1. The molecule has 0 unspecified atom stereocenters. The van der Waals surface area contributed by atoms with Crippen LogP contribution in [0.3, 0.4) is 0 Å². The number of carbonyl (C=O) groups excluding carboxylic acids is 1. The summed E-state index contributed by atoms with van der Waals surface area (Å²) in [7, 11) is 0. The van der Waals surface area contributed by atoms with Crippen LogP contribution in [-0.4, -0.2) is 34.1 Å². The van der Waals surface area contributed by atoms with Gasteiger partial charge in [0.1, 0.15) is 5.82 Å². The number of nitrogens with one attached hydrogen (secondary N) is 2. The predicted octanol–water partition coefficient (Wildman–Crippen LogP) is 1.38. The lowest BCUT2D eigenvalue weighted by Gasteiger charge is -2.06. The molecule has 0 radical (unpaired) electrons. The van der Waals surface area contributed by atoms with Crippen molar-refractivity contribution in [2.24, 2.45) is 0 Å². The molecule has 0 spiro atoms. The van der Waals surface area contributed by atoms with Crippen LogP contribution in [0.25, 0.3) is 11.5 Å². The van der Waals surface area contributed by atoms with Crippen molar-refractivity contribution in [2.45, 2.75) is 20.3 Å². The highest BCUT2D eigenvalue weighted by Gasteiger charge is 2.08. The average molecular weight is 275 g/mol. The Kier molecular flexibility index (Phi) is 4.65. The summed E-state index contributed by atoms with van der Waals surface area (Å²) in [5.41, 5.74) is 0.761. The molecule has 7 heteroatoms. The quantitative estimate of drug-likeness (QED) is 0.827. The maximum Gasteiger partial charge on any atom is 0.258 e. The standard InChI is InChI=1S/C13H17N5O2/c1-3-5-15-12(19)8-16-11-7-10(4-6-14-11)13-17-9(2)18-20-13/h4,6-7H,3,5,8H2,1-2H3,(H,14,16)(H,15,19). The van der Waals surface area contributed by atoms with Gasteiger partial charge in [0.25, 0.3) is 5.89 Å². The third kappa shape index (κ3) is 3.78. The van der Waals surface area contributed by atoms with Gasteiger partial charge in [-0.25, -0.2) is 4.98 Å². The molecule has 0 fully saturated rings. The fraction of sp³-hybridized carbons (Fsp3) is 0.385. The predicted molar refractivity (Wildman–Crippen MR) is 74.1 cm³/mol. The maximum atomic E-state index is 11.5. The van der Waals surface area contributed by atoms with Gasteiger partial charge < -0.3 is 15.2 Å². The van der Waals surface area contributed by atoms with Gasteiger partial charge in [-0.15, -0.1) is 0 Å². The van der Waals surface area contributed by atoms with Crippen LogP contribution >= 0.6 is 0 Å². The highest BCUT2D eigenvalue weighted by molar-refractivity contribution is 5.80. The normalized spacial score (nSPS) is 10.3. The number of nitrogens with zero attached hydrogens (tertiary/aromatic N) is 3. The molecule has 0 aliphatic rings. The number of aryl methyl sites for hydroxylation is 1. The van der Waals surface area contributed by atoms with E-state index in [4.69, 9.17) is 4.52 Å². The van der Waals surface area contributed by atoms with Crippen LogP contribution in [0.4, 0.5) is 5.82 Å². The zero-order valence-corrected chi connectivity index (χ0v) is 11.5. The van der Waals surface area contributed by atoms with Crippen LogP contribution in [0.15, 0.2) is 22.9 Å². The number of pyridine rings is 1. The van der Waals surface area contributed by atoms with E-state index in [9.17, 15) is 4.79 Å². The second kappa shape index (κ2) is 6.65. The van der Waals surface area contributed by atoms with Crippen LogP contribution < -0.4 is 10.6 Å². The van der Waals surface area contributed by atoms with Gasteiger partial charge in [-0.05, 0) is 25.5 Å². The zero-order chi connectivity index (χ0) is 14.4. The zero-order valence-electron chi connectivity index (χ0n) is 11.5. The van der Waals surface area contributed by atoms with Crippen molar-refractivity contribution < 1.29 is 9.32 Å². The van der Waals surface area contributed by atoms with Crippen molar-refractivity contribution in [2.75, 3.05) is 18.4 Å². The van der Waals surface area contributed by atoms with E-state index in [1.165, 1.54) is 0 Å². The molecule has 106 valence electrons. The third-order valence-corrected chi connectivity index (χ3v) is 2.54. The molecule has 7 nitrogen and oxygen atoms in total. The van der Waals surface area contributed by atoms with E-state index in [1.807, 2.05) is 6.92 Å². The molecule has 0 saturated carbocycles. The topological polar surface area (TPSA) is 92.9 Å². The second-order valence-corrected chi connectivity index (χ2v) is 4.28. The summed E-state index contributed by atoms with van der Waals surface area (Å²) >= 11 is 0. The number of hydrogen-bond acceptors (Lipinski definition) is 6. The number of carbonyl (C=O) groups is 1. The van der Waals surface area contributed by atoms with Gasteiger partial charge in [0.15, 0.2) is 5.82 Å². The van der Waals surface area contributed by atoms with Crippen LogP contribution in [0.1, 0.15) is 19.2 Å². The minimum atomic E-state index is -0.0623. The van der Waals surface area contributed by atoms with E-state index in [-0.39, 0.29) is 12.5 Å². The van der Waals surface area contributed by atoms with Gasteiger partial charge in [0.05, 0.1) is 6.54 Å². The molecule has 0 bridgehead atoms. The number of anilines is 1. The summed E-state index contributed by atoms with van der Waals surface area (Å²) in [4.78, 5) is 19.8. The Balaban J connectivity index is 1.98. The summed E-state index contributed by atoms with van der Waals surface area (Å²) < 4.78 is 5.09. The minimum absolute atomic E-state index is 0.0623. The van der Waals surface area contributed by atoms with Crippen LogP contribution in [0.5, 0.6) is 0 Å². The lowest BCUT2D eigenvalue weighted by Crippen LogP contribution is -2.30. The van der Waals surface area contributed by atoms with Gasteiger partial charge in [-0.2, -0.15) is 4.98 Å². The molecular formula is C13H17N5O2. The van der Waals surface area contributed by atoms with Crippen molar-refractivity contribution in [3.63, 3.8) is 0 Å². The monoisotopic (exact) mass is 275 g/mol. The smallest absolute Gasteiger partial charge is 0.258 e. The van der Waals surface area contributed by atoms with Crippen molar-refractivity contribution in [3.8, 4) is 11.5 Å². The van der Waals surface area contributed by atoms with Crippen LogP contribution in [0, 0.1) is 6.92 Å². The van der Waals surface area contributed by atoms with Gasteiger partial charge in [-0.3, -0.25) is 4.79 Å². The second-order valence-electron chi connectivity index (χ2n) is 4.28. The third-order valence-electron chi connectivity index (χ3n) is 2.54. The molecule has 0 atom stereocenters. The molecular weight excluding hydrogens is 258 g/mol. The Bertz CT molecular complexity index is 582. The number of aromatic nitrogens is 3. The van der Waals surface area contributed by atoms with Crippen molar-refractivity contribution in [3.05, 3.63) is 24.2 Å². The van der Waals surface area contributed by atoms with E-state index >= 15 is 0 Å². The molecule has 0 saturated heterocycles. The Hall–Kier alpha value is -2.44. The number of hydrogen-bond donors (Lipinski definition) is 2. The highest BCUT2D eigenvalue weighted by atomic mass is 16.5. The molecule has 1 amide bonds. The molecule has 0 aliphatic carbocycles. The van der Waals surface area contributed by atoms with E-state index in [0.717, 1.165) is 12.0 Å². The van der Waals surface area contributed by atoms with Crippen LogP contribution in [0.2, 0.25) is 0 Å². The minimum Gasteiger partial charge on any atom is -0.361 e. The molecule has 2 aromatic heterocycles. The fourth-order valence-corrected chi connectivity index (χ4v) is 1.57. The summed E-state index contributed by atoms with van der Waals surface area (Å²) in [5.74, 6) is 1.53. The van der Waals surface area contributed by atoms with E-state index in [0.29, 0.717) is 24.1 Å². The van der Waals surface area contributed by atoms with Gasteiger partial charge in [0, 0.05) is 18.3 Å². The first-order chi connectivity index (χ1) is 9.69. The van der Waals surface area contributed by atoms with E-state index < -0.39 is 0 Å². The summed E-state index contributed by atoms with van der Waals surface area (Å²) in [6.07, 6.45) is 2.54. The molecule has 20 heavy (non-hydrogen) atoms. The largest absolute Gasteiger partial charge is 0.361 e. The van der Waals surface area contributed by atoms with Gasteiger partial charge in [0.2, 0.25) is 5.91 Å². The Morgan fingerprint density at radius 1 is 1.45 bits per heavy atom. The average Bonchev–Trinajstić information content (AvgIpc) is 2.90. The summed E-state index contributed by atoms with van der Waals surface area (Å²) in [6, 6.07) is 3.54. The lowest BCUT2D eigenvalue weighted by atomic mass is 10.2. The maximum absolute atomic E-state index is 11.5. The van der Waals surface area contributed by atoms with Gasteiger partial charge >= 0.3 is 0 Å². The lowest BCUT2D eigenvalue weighted by molar-refractivity contribution is -0.119. The molecule has 2 N–H and O–H groups in total. The first-order valence-corrected chi connectivity index (χ1v) is 6.46. The number of rotatable bonds is 6. The first-order valence-electron chi connectivity index (χ1n) is 6.46. The molecule has 2 rings (SSSR count). The molecule has 0 aromatic carbocycles. The molecule has 2 aromatic rings. The van der Waals surface area contributed by atoms with Crippen molar-refractivity contribution in [1.82, 2.24) is 20.4 Å². The Morgan fingerprint density at radius 2 is 2.30 bits per heavy atom. The Morgan fingerprint density at radius 3 is 3.00 bits per heavy atom. The van der Waals surface area contributed by atoms with E-state index in [2.05, 4.69) is 25.8 Å². The Labute approximate surface area is 116 Å².